The standard InChI is InChI=1S/C12H6ClN5S/c13-10-8(7-14)4-5-15-11(10)19-12-17-16-9-3-1-2-6-18(9)12/h1-6H. The third-order valence-electron chi connectivity index (χ3n) is 2.45. The van der Waals surface area contributed by atoms with Crippen molar-refractivity contribution >= 4 is 29.0 Å². The molecule has 0 aliphatic rings. The number of hydrogen-bond acceptors (Lipinski definition) is 5. The van der Waals surface area contributed by atoms with Crippen molar-refractivity contribution in [3.8, 4) is 6.07 Å². The number of nitriles is 1. The molecule has 92 valence electrons. The number of halogens is 1. The summed E-state index contributed by atoms with van der Waals surface area (Å²) in [6.07, 6.45) is 3.41. The molecule has 0 fully saturated rings. The van der Waals surface area contributed by atoms with Crippen LogP contribution in [0.1, 0.15) is 5.56 Å². The van der Waals surface area contributed by atoms with E-state index in [0.29, 0.717) is 20.8 Å². The van der Waals surface area contributed by atoms with Gasteiger partial charge in [-0.1, -0.05) is 17.7 Å². The van der Waals surface area contributed by atoms with E-state index < -0.39 is 0 Å². The van der Waals surface area contributed by atoms with Crippen LogP contribution in [0, 0.1) is 11.3 Å². The molecular formula is C12H6ClN5S. The lowest BCUT2D eigenvalue weighted by molar-refractivity contribution is 0.917. The highest BCUT2D eigenvalue weighted by Crippen LogP contribution is 2.32. The Morgan fingerprint density at radius 2 is 2.16 bits per heavy atom. The fourth-order valence-electron chi connectivity index (χ4n) is 1.56. The first kappa shape index (κ1) is 12.0. The van der Waals surface area contributed by atoms with E-state index in [1.165, 1.54) is 11.8 Å². The summed E-state index contributed by atoms with van der Waals surface area (Å²) in [4.78, 5) is 4.17. The number of hydrogen-bond donors (Lipinski definition) is 0. The maximum Gasteiger partial charge on any atom is 0.201 e. The van der Waals surface area contributed by atoms with Crippen molar-refractivity contribution in [3.63, 3.8) is 0 Å². The lowest BCUT2D eigenvalue weighted by Gasteiger charge is -2.02. The van der Waals surface area contributed by atoms with Crippen molar-refractivity contribution in [2.75, 3.05) is 0 Å². The molecule has 3 rings (SSSR count). The Morgan fingerprint density at radius 1 is 1.26 bits per heavy atom. The van der Waals surface area contributed by atoms with Crippen LogP contribution in [0.5, 0.6) is 0 Å². The van der Waals surface area contributed by atoms with Gasteiger partial charge in [0.2, 0.25) is 5.16 Å². The summed E-state index contributed by atoms with van der Waals surface area (Å²) in [5.74, 6) is 0. The molecule has 0 aliphatic carbocycles. The van der Waals surface area contributed by atoms with Gasteiger partial charge in [0, 0.05) is 12.4 Å². The number of aromatic nitrogens is 4. The second-order valence-corrected chi connectivity index (χ2v) is 4.94. The maximum atomic E-state index is 8.94. The largest absolute Gasteiger partial charge is 0.277 e. The van der Waals surface area contributed by atoms with Crippen LogP contribution in [0.3, 0.4) is 0 Å². The highest BCUT2D eigenvalue weighted by atomic mass is 35.5. The van der Waals surface area contributed by atoms with Gasteiger partial charge in [-0.2, -0.15) is 5.26 Å². The van der Waals surface area contributed by atoms with Gasteiger partial charge < -0.3 is 0 Å². The van der Waals surface area contributed by atoms with Crippen LogP contribution >= 0.6 is 23.4 Å². The minimum Gasteiger partial charge on any atom is -0.277 e. The van der Waals surface area contributed by atoms with Crippen LogP contribution in [-0.2, 0) is 0 Å². The Balaban J connectivity index is 2.05. The van der Waals surface area contributed by atoms with Crippen LogP contribution in [0.4, 0.5) is 0 Å². The Hall–Kier alpha value is -2.10. The van der Waals surface area contributed by atoms with Gasteiger partial charge >= 0.3 is 0 Å². The molecule has 7 heteroatoms. The minimum atomic E-state index is 0.336. The van der Waals surface area contributed by atoms with E-state index in [1.54, 1.807) is 12.3 Å². The summed E-state index contributed by atoms with van der Waals surface area (Å²) in [6, 6.07) is 9.24. The van der Waals surface area contributed by atoms with E-state index in [-0.39, 0.29) is 0 Å². The van der Waals surface area contributed by atoms with Crippen molar-refractivity contribution in [3.05, 3.63) is 47.2 Å². The van der Waals surface area contributed by atoms with Gasteiger partial charge in [0.25, 0.3) is 0 Å². The zero-order chi connectivity index (χ0) is 13.2. The second kappa shape index (κ2) is 4.88. The van der Waals surface area contributed by atoms with E-state index >= 15 is 0 Å². The van der Waals surface area contributed by atoms with Gasteiger partial charge in [-0.25, -0.2) is 4.98 Å². The van der Waals surface area contributed by atoms with Crippen molar-refractivity contribution in [2.45, 2.75) is 10.2 Å². The first-order chi connectivity index (χ1) is 9.29. The van der Waals surface area contributed by atoms with Gasteiger partial charge in [0.15, 0.2) is 5.65 Å². The monoisotopic (exact) mass is 287 g/mol. The van der Waals surface area contributed by atoms with Crippen LogP contribution in [0.2, 0.25) is 5.02 Å². The Kier molecular flexibility index (Phi) is 3.07. The first-order valence-corrected chi connectivity index (χ1v) is 6.51. The van der Waals surface area contributed by atoms with Crippen LogP contribution in [-0.4, -0.2) is 19.6 Å². The molecule has 5 nitrogen and oxygen atoms in total. The van der Waals surface area contributed by atoms with Crippen LogP contribution < -0.4 is 0 Å². The van der Waals surface area contributed by atoms with Gasteiger partial charge in [0.1, 0.15) is 11.1 Å². The molecule has 0 aliphatic heterocycles. The van der Waals surface area contributed by atoms with Gasteiger partial charge in [-0.15, -0.1) is 10.2 Å². The highest BCUT2D eigenvalue weighted by Gasteiger charge is 2.12. The Labute approximate surface area is 117 Å². The van der Waals surface area contributed by atoms with Gasteiger partial charge in [-0.05, 0) is 30.0 Å². The highest BCUT2D eigenvalue weighted by molar-refractivity contribution is 7.99. The molecule has 0 spiro atoms. The molecule has 3 aromatic heterocycles. The van der Waals surface area contributed by atoms with Crippen LogP contribution in [0.25, 0.3) is 5.65 Å². The summed E-state index contributed by atoms with van der Waals surface area (Å²) in [7, 11) is 0. The third kappa shape index (κ3) is 2.14. The molecule has 0 N–H and O–H groups in total. The number of pyridine rings is 2. The third-order valence-corrected chi connectivity index (χ3v) is 3.91. The molecule has 0 amide bonds. The molecule has 0 unspecified atom stereocenters. The lowest BCUT2D eigenvalue weighted by atomic mass is 10.3. The van der Waals surface area contributed by atoms with Crippen molar-refractivity contribution in [1.82, 2.24) is 19.6 Å². The predicted molar refractivity (Wildman–Crippen MR) is 71.1 cm³/mol. The van der Waals surface area contributed by atoms with E-state index in [2.05, 4.69) is 15.2 Å². The summed E-state index contributed by atoms with van der Waals surface area (Å²) < 4.78 is 1.84. The van der Waals surface area contributed by atoms with E-state index in [9.17, 15) is 0 Å². The average molecular weight is 288 g/mol. The summed E-state index contributed by atoms with van der Waals surface area (Å²) in [5.41, 5.74) is 1.14. The van der Waals surface area contributed by atoms with Crippen molar-refractivity contribution in [1.29, 1.82) is 5.26 Å². The fraction of sp³-hybridized carbons (Fsp3) is 0. The molecular weight excluding hydrogens is 282 g/mol. The molecule has 0 radical (unpaired) electrons. The normalized spacial score (nSPS) is 10.5. The zero-order valence-corrected chi connectivity index (χ0v) is 11.1. The molecule has 0 saturated carbocycles. The molecule has 3 heterocycles. The molecule has 0 saturated heterocycles. The topological polar surface area (TPSA) is 66.9 Å². The zero-order valence-electron chi connectivity index (χ0n) is 9.49. The SMILES string of the molecule is N#Cc1ccnc(Sc2nnc3ccccn23)c1Cl. The smallest absolute Gasteiger partial charge is 0.201 e. The second-order valence-electron chi connectivity index (χ2n) is 3.60. The molecule has 0 bridgehead atoms. The minimum absolute atomic E-state index is 0.336. The molecule has 0 aromatic carbocycles. The van der Waals surface area contributed by atoms with E-state index in [4.69, 9.17) is 16.9 Å². The molecule has 19 heavy (non-hydrogen) atoms. The van der Waals surface area contributed by atoms with Crippen LogP contribution in [0.15, 0.2) is 46.8 Å². The van der Waals surface area contributed by atoms with Gasteiger partial charge in [0.05, 0.1) is 10.6 Å². The quantitative estimate of drug-likeness (QED) is 0.725. The van der Waals surface area contributed by atoms with E-state index in [0.717, 1.165) is 5.65 Å². The first-order valence-electron chi connectivity index (χ1n) is 5.32. The van der Waals surface area contributed by atoms with Crippen molar-refractivity contribution < 1.29 is 0 Å². The Bertz CT molecular complexity index is 792. The van der Waals surface area contributed by atoms with E-state index in [1.807, 2.05) is 34.9 Å². The molecule has 3 aromatic rings. The average Bonchev–Trinajstić information content (AvgIpc) is 2.85. The maximum absolute atomic E-state index is 8.94. The fourth-order valence-corrected chi connectivity index (χ4v) is 2.65. The summed E-state index contributed by atoms with van der Waals surface area (Å²) >= 11 is 7.39. The lowest BCUT2D eigenvalue weighted by Crippen LogP contribution is -1.89. The number of rotatable bonds is 2. The number of nitrogens with zero attached hydrogens (tertiary/aromatic N) is 5. The number of fused-ring (bicyclic) bond motifs is 1. The van der Waals surface area contributed by atoms with Crippen molar-refractivity contribution in [2.24, 2.45) is 0 Å². The Morgan fingerprint density at radius 3 is 3.00 bits per heavy atom. The molecule has 0 atom stereocenters. The summed E-state index contributed by atoms with van der Waals surface area (Å²) in [6.45, 7) is 0. The predicted octanol–water partition coefficient (Wildman–Crippen LogP) is 2.80. The van der Waals surface area contributed by atoms with Gasteiger partial charge in [-0.3, -0.25) is 4.40 Å². The summed E-state index contributed by atoms with van der Waals surface area (Å²) in [5, 5.41) is 18.6.